The predicted molar refractivity (Wildman–Crippen MR) is 81.3 cm³/mol. The van der Waals surface area contributed by atoms with Crippen molar-refractivity contribution in [1.29, 1.82) is 5.26 Å². The van der Waals surface area contributed by atoms with Crippen LogP contribution in [0.15, 0.2) is 18.2 Å². The smallest absolute Gasteiger partial charge is 0.140 e. The van der Waals surface area contributed by atoms with E-state index in [4.69, 9.17) is 21.6 Å². The summed E-state index contributed by atoms with van der Waals surface area (Å²) in [5.41, 5.74) is 2.00. The van der Waals surface area contributed by atoms with Gasteiger partial charge in [-0.3, -0.25) is 0 Å². The molecule has 2 rings (SSSR count). The summed E-state index contributed by atoms with van der Waals surface area (Å²) in [7, 11) is 0. The van der Waals surface area contributed by atoms with Crippen LogP contribution >= 0.6 is 22.9 Å². The van der Waals surface area contributed by atoms with Gasteiger partial charge in [-0.2, -0.15) is 5.26 Å². The van der Waals surface area contributed by atoms with Crippen molar-refractivity contribution in [1.82, 2.24) is 4.98 Å². The minimum atomic E-state index is 0.417. The fourth-order valence-electron chi connectivity index (χ4n) is 1.90. The van der Waals surface area contributed by atoms with Crippen molar-refractivity contribution >= 4 is 22.9 Å². The van der Waals surface area contributed by atoms with Gasteiger partial charge in [-0.25, -0.2) is 4.98 Å². The zero-order valence-electron chi connectivity index (χ0n) is 11.4. The van der Waals surface area contributed by atoms with E-state index < -0.39 is 0 Å². The fourth-order valence-corrected chi connectivity index (χ4v) is 3.13. The number of ether oxygens (including phenoxy) is 1. The number of benzene rings is 1. The van der Waals surface area contributed by atoms with Gasteiger partial charge in [-0.05, 0) is 37.1 Å². The van der Waals surface area contributed by atoms with Crippen molar-refractivity contribution in [2.45, 2.75) is 33.3 Å². The zero-order valence-corrected chi connectivity index (χ0v) is 13.0. The lowest BCUT2D eigenvalue weighted by atomic mass is 10.2. The molecule has 0 aliphatic heterocycles. The van der Waals surface area contributed by atoms with Gasteiger partial charge in [0.2, 0.25) is 0 Å². The molecular weight excluding hydrogens is 292 g/mol. The number of thiazole rings is 1. The average molecular weight is 307 g/mol. The Kier molecular flexibility index (Phi) is 4.99. The van der Waals surface area contributed by atoms with Gasteiger partial charge in [-0.1, -0.05) is 18.5 Å². The maximum absolute atomic E-state index is 8.80. The lowest BCUT2D eigenvalue weighted by Crippen LogP contribution is -1.97. The molecular formula is C15H15ClN2OS. The molecule has 0 fully saturated rings. The van der Waals surface area contributed by atoms with Gasteiger partial charge in [-0.15, -0.1) is 11.3 Å². The molecule has 1 aromatic carbocycles. The number of hydrogen-bond acceptors (Lipinski definition) is 4. The Balaban J connectivity index is 2.09. The van der Waals surface area contributed by atoms with Crippen LogP contribution in [0, 0.1) is 18.3 Å². The molecule has 2 aromatic rings. The van der Waals surface area contributed by atoms with Crippen molar-refractivity contribution in [3.8, 4) is 11.8 Å². The van der Waals surface area contributed by atoms with E-state index >= 15 is 0 Å². The van der Waals surface area contributed by atoms with E-state index in [-0.39, 0.29) is 0 Å². The Morgan fingerprint density at radius 3 is 2.90 bits per heavy atom. The second-order valence-corrected chi connectivity index (χ2v) is 5.97. The molecule has 0 aliphatic rings. The lowest BCUT2D eigenvalue weighted by Gasteiger charge is -2.07. The van der Waals surface area contributed by atoms with Crippen LogP contribution in [0.25, 0.3) is 0 Å². The van der Waals surface area contributed by atoms with E-state index in [1.54, 1.807) is 11.3 Å². The van der Waals surface area contributed by atoms with Crippen LogP contribution in [0.2, 0.25) is 5.02 Å². The van der Waals surface area contributed by atoms with Gasteiger partial charge in [0.05, 0.1) is 18.2 Å². The van der Waals surface area contributed by atoms with Crippen LogP contribution in [-0.4, -0.2) is 4.98 Å². The third kappa shape index (κ3) is 3.50. The van der Waals surface area contributed by atoms with Crippen molar-refractivity contribution in [2.24, 2.45) is 0 Å². The Bertz CT molecular complexity index is 646. The van der Waals surface area contributed by atoms with E-state index in [1.807, 2.05) is 32.0 Å². The highest BCUT2D eigenvalue weighted by Crippen LogP contribution is 2.25. The van der Waals surface area contributed by atoms with Crippen LogP contribution < -0.4 is 4.74 Å². The summed E-state index contributed by atoms with van der Waals surface area (Å²) in [5, 5.41) is 10.4. The van der Waals surface area contributed by atoms with Crippen molar-refractivity contribution in [3.63, 3.8) is 0 Å². The first-order valence-corrected chi connectivity index (χ1v) is 7.56. The minimum Gasteiger partial charge on any atom is -0.486 e. The Hall–Kier alpha value is -1.57. The maximum atomic E-state index is 8.80. The van der Waals surface area contributed by atoms with Crippen molar-refractivity contribution in [2.75, 3.05) is 0 Å². The summed E-state index contributed by atoms with van der Waals surface area (Å²) in [5.74, 6) is 0.810. The molecule has 0 aliphatic carbocycles. The normalized spacial score (nSPS) is 10.3. The Labute approximate surface area is 127 Å². The highest BCUT2D eigenvalue weighted by molar-refractivity contribution is 7.11. The second-order valence-electron chi connectivity index (χ2n) is 4.36. The molecule has 0 amide bonds. The SMILES string of the molecule is CCc1nc(COc2ccc(Cl)cc2C)sc1CC#N. The number of aromatic nitrogens is 1. The van der Waals surface area contributed by atoms with Gasteiger partial charge in [0.1, 0.15) is 17.4 Å². The number of nitrogens with zero attached hydrogens (tertiary/aromatic N) is 2. The standard InChI is InChI=1S/C15H15ClN2OS/c1-3-12-14(6-7-17)20-15(18-12)9-19-13-5-4-11(16)8-10(13)2/h4-5,8H,3,6,9H2,1-2H3. The molecule has 3 nitrogen and oxygen atoms in total. The molecule has 5 heteroatoms. The first-order valence-electron chi connectivity index (χ1n) is 6.37. The van der Waals surface area contributed by atoms with Gasteiger partial charge < -0.3 is 4.74 Å². The first-order chi connectivity index (χ1) is 9.63. The van der Waals surface area contributed by atoms with Crippen LogP contribution in [-0.2, 0) is 19.4 Å². The Morgan fingerprint density at radius 1 is 1.45 bits per heavy atom. The molecule has 20 heavy (non-hydrogen) atoms. The second kappa shape index (κ2) is 6.74. The summed E-state index contributed by atoms with van der Waals surface area (Å²) in [6.45, 7) is 4.43. The quantitative estimate of drug-likeness (QED) is 0.826. The van der Waals surface area contributed by atoms with Gasteiger partial charge >= 0.3 is 0 Å². The largest absolute Gasteiger partial charge is 0.486 e. The molecule has 0 atom stereocenters. The van der Waals surface area contributed by atoms with E-state index in [0.717, 1.165) is 33.3 Å². The van der Waals surface area contributed by atoms with Gasteiger partial charge in [0, 0.05) is 9.90 Å². The Morgan fingerprint density at radius 2 is 2.25 bits per heavy atom. The average Bonchev–Trinajstić information content (AvgIpc) is 2.80. The molecule has 0 saturated carbocycles. The summed E-state index contributed by atoms with van der Waals surface area (Å²) in [6.07, 6.45) is 1.26. The minimum absolute atomic E-state index is 0.417. The third-order valence-corrected chi connectivity index (χ3v) is 4.19. The van der Waals surface area contributed by atoms with Crippen LogP contribution in [0.5, 0.6) is 5.75 Å². The fraction of sp³-hybridized carbons (Fsp3) is 0.333. The van der Waals surface area contributed by atoms with Gasteiger partial charge in [0.15, 0.2) is 0 Å². The van der Waals surface area contributed by atoms with Crippen molar-refractivity contribution < 1.29 is 4.74 Å². The zero-order chi connectivity index (χ0) is 14.5. The highest BCUT2D eigenvalue weighted by atomic mass is 35.5. The number of halogens is 1. The third-order valence-electron chi connectivity index (χ3n) is 2.89. The highest BCUT2D eigenvalue weighted by Gasteiger charge is 2.10. The van der Waals surface area contributed by atoms with Crippen molar-refractivity contribution in [3.05, 3.63) is 44.4 Å². The number of aryl methyl sites for hydroxylation is 2. The predicted octanol–water partition coefficient (Wildman–Crippen LogP) is 4.31. The maximum Gasteiger partial charge on any atom is 0.140 e. The van der Waals surface area contributed by atoms with Crippen LogP contribution in [0.3, 0.4) is 0 Å². The number of nitriles is 1. The molecule has 0 unspecified atom stereocenters. The first kappa shape index (κ1) is 14.8. The van der Waals surface area contributed by atoms with Crippen LogP contribution in [0.4, 0.5) is 0 Å². The lowest BCUT2D eigenvalue weighted by molar-refractivity contribution is 0.303. The molecule has 0 bridgehead atoms. The summed E-state index contributed by atoms with van der Waals surface area (Å²) in [4.78, 5) is 5.57. The molecule has 0 spiro atoms. The summed E-state index contributed by atoms with van der Waals surface area (Å²) < 4.78 is 5.78. The van der Waals surface area contributed by atoms with E-state index in [9.17, 15) is 0 Å². The molecule has 1 heterocycles. The molecule has 0 N–H and O–H groups in total. The molecule has 0 saturated heterocycles. The molecule has 1 aromatic heterocycles. The van der Waals surface area contributed by atoms with Gasteiger partial charge in [0.25, 0.3) is 0 Å². The van der Waals surface area contributed by atoms with Crippen LogP contribution in [0.1, 0.15) is 28.1 Å². The number of hydrogen-bond donors (Lipinski definition) is 0. The summed E-state index contributed by atoms with van der Waals surface area (Å²) >= 11 is 7.47. The van der Waals surface area contributed by atoms with E-state index in [2.05, 4.69) is 11.1 Å². The monoisotopic (exact) mass is 306 g/mol. The topological polar surface area (TPSA) is 45.9 Å². The van der Waals surface area contributed by atoms with E-state index in [0.29, 0.717) is 18.1 Å². The van der Waals surface area contributed by atoms with E-state index in [1.165, 1.54) is 0 Å². The summed E-state index contributed by atoms with van der Waals surface area (Å²) in [6, 6.07) is 7.72. The molecule has 0 radical (unpaired) electrons. The molecule has 104 valence electrons. The number of rotatable bonds is 5.